The lowest BCUT2D eigenvalue weighted by molar-refractivity contribution is -0.137. The van der Waals surface area contributed by atoms with Gasteiger partial charge in [0.05, 0.1) is 17.8 Å². The van der Waals surface area contributed by atoms with Crippen molar-refractivity contribution in [3.63, 3.8) is 0 Å². The number of aromatic nitrogens is 1. The first kappa shape index (κ1) is 21.9. The van der Waals surface area contributed by atoms with Crippen molar-refractivity contribution >= 4 is 28.4 Å². The molecule has 168 valence electrons. The number of nitrogens with zero attached hydrogens (tertiary/aromatic N) is 1. The fourth-order valence-electron chi connectivity index (χ4n) is 4.26. The Morgan fingerprint density at radius 1 is 1.19 bits per heavy atom. The molecule has 0 fully saturated rings. The van der Waals surface area contributed by atoms with Crippen molar-refractivity contribution in [2.45, 2.75) is 32.4 Å². The van der Waals surface area contributed by atoms with Crippen LogP contribution in [0.1, 0.15) is 40.5 Å². The molecule has 0 saturated carbocycles. The molecule has 0 bridgehead atoms. The Balaban J connectivity index is 1.49. The molecule has 2 amide bonds. The molecule has 0 saturated heterocycles. The van der Waals surface area contributed by atoms with Crippen molar-refractivity contribution in [2.75, 3.05) is 18.9 Å². The van der Waals surface area contributed by atoms with Gasteiger partial charge in [0.15, 0.2) is 0 Å². The summed E-state index contributed by atoms with van der Waals surface area (Å²) in [4.78, 5) is 29.9. The molecule has 1 aliphatic carbocycles. The highest BCUT2D eigenvalue weighted by Gasteiger charge is 2.33. The highest BCUT2D eigenvalue weighted by molar-refractivity contribution is 6.02. The van der Waals surface area contributed by atoms with E-state index in [-0.39, 0.29) is 18.1 Å². The summed E-state index contributed by atoms with van der Waals surface area (Å²) in [7, 11) is 1.45. The number of hydrogen-bond donors (Lipinski definition) is 2. The average Bonchev–Trinajstić information content (AvgIpc) is 3.09. The summed E-state index contributed by atoms with van der Waals surface area (Å²) in [6.07, 6.45) is -1.53. The number of carbonyl (C=O) groups excluding carboxylic acids is 2. The van der Waals surface area contributed by atoms with Crippen molar-refractivity contribution in [3.05, 3.63) is 64.8 Å². The number of rotatable bonds is 4. The van der Waals surface area contributed by atoms with Crippen LogP contribution in [0.25, 0.3) is 10.9 Å². The molecule has 0 radical (unpaired) electrons. The molecule has 5 nitrogen and oxygen atoms in total. The first-order valence-electron chi connectivity index (χ1n) is 10.5. The molecule has 1 aliphatic rings. The van der Waals surface area contributed by atoms with Crippen LogP contribution in [0.3, 0.4) is 0 Å². The molecule has 2 N–H and O–H groups in total. The van der Waals surface area contributed by atoms with E-state index in [9.17, 15) is 22.8 Å². The Hall–Kier alpha value is -3.29. The van der Waals surface area contributed by atoms with Gasteiger partial charge < -0.3 is 15.2 Å². The van der Waals surface area contributed by atoms with Crippen LogP contribution in [0.5, 0.6) is 0 Å². The lowest BCUT2D eigenvalue weighted by atomic mass is 9.87. The normalized spacial score (nSPS) is 16.0. The van der Waals surface area contributed by atoms with Gasteiger partial charge in [-0.25, -0.2) is 0 Å². The van der Waals surface area contributed by atoms with E-state index in [4.69, 9.17) is 0 Å². The summed E-state index contributed by atoms with van der Waals surface area (Å²) in [5, 5.41) is 3.28. The Bertz CT molecular complexity index is 1180. The topological polar surface area (TPSA) is 65.2 Å². The van der Waals surface area contributed by atoms with Crippen LogP contribution in [-0.4, -0.2) is 35.3 Å². The minimum atomic E-state index is -4.59. The number of para-hydroxylation sites is 1. The summed E-state index contributed by atoms with van der Waals surface area (Å²) in [6.45, 7) is 1.84. The summed E-state index contributed by atoms with van der Waals surface area (Å²) in [6, 6.07) is 10.1. The lowest BCUT2D eigenvalue weighted by Crippen LogP contribution is -2.35. The van der Waals surface area contributed by atoms with Crippen molar-refractivity contribution < 1.29 is 22.8 Å². The van der Waals surface area contributed by atoms with Gasteiger partial charge in [0.2, 0.25) is 5.91 Å². The smallest absolute Gasteiger partial charge is 0.358 e. The van der Waals surface area contributed by atoms with Gasteiger partial charge in [-0.3, -0.25) is 9.59 Å². The van der Waals surface area contributed by atoms with Gasteiger partial charge in [-0.2, -0.15) is 13.2 Å². The largest absolute Gasteiger partial charge is 0.418 e. The minimum Gasteiger partial charge on any atom is -0.358 e. The molecule has 0 aliphatic heterocycles. The van der Waals surface area contributed by atoms with E-state index >= 15 is 0 Å². The fraction of sp³-hybridized carbons (Fsp3) is 0.333. The summed E-state index contributed by atoms with van der Waals surface area (Å²) in [5.74, 6) is -0.497. The van der Waals surface area contributed by atoms with Crippen LogP contribution in [-0.2, 0) is 23.8 Å². The SMILES string of the molecule is C[C@H]1CCc2[nH]c3ccc(C(=O)N(C)CC(=O)Nc4ccccc4C(F)(F)F)cc3c2C1. The molecular formula is C24H24F3N3O2. The van der Waals surface area contributed by atoms with Gasteiger partial charge in [-0.05, 0) is 61.1 Å². The molecule has 0 spiro atoms. The van der Waals surface area contributed by atoms with Gasteiger partial charge in [-0.15, -0.1) is 0 Å². The molecule has 0 unspecified atom stereocenters. The summed E-state index contributed by atoms with van der Waals surface area (Å²) in [5.41, 5.74) is 2.59. The van der Waals surface area contributed by atoms with E-state index in [1.165, 1.54) is 41.4 Å². The predicted molar refractivity (Wildman–Crippen MR) is 117 cm³/mol. The molecule has 1 atom stereocenters. The third-order valence-electron chi connectivity index (χ3n) is 5.92. The standard InChI is InChI=1S/C24H24F3N3O2/c1-14-7-9-19-16(11-14)17-12-15(8-10-20(17)28-19)23(32)30(2)13-22(31)29-21-6-4-3-5-18(21)24(25,26)27/h3-6,8,10,12,14,28H,7,9,11,13H2,1-2H3,(H,29,31)/t14-/m0/s1. The fourth-order valence-corrected chi connectivity index (χ4v) is 4.26. The summed E-state index contributed by atoms with van der Waals surface area (Å²) < 4.78 is 39.4. The van der Waals surface area contributed by atoms with Gasteiger partial charge in [-0.1, -0.05) is 19.1 Å². The van der Waals surface area contributed by atoms with E-state index in [1.54, 1.807) is 6.07 Å². The minimum absolute atomic E-state index is 0.333. The second-order valence-corrected chi connectivity index (χ2v) is 8.44. The Labute approximate surface area is 183 Å². The quantitative estimate of drug-likeness (QED) is 0.595. The summed E-state index contributed by atoms with van der Waals surface area (Å²) >= 11 is 0. The number of anilines is 1. The van der Waals surface area contributed by atoms with Crippen LogP contribution in [0.2, 0.25) is 0 Å². The second kappa shape index (κ2) is 8.33. The van der Waals surface area contributed by atoms with Crippen molar-refractivity contribution in [3.8, 4) is 0 Å². The van der Waals surface area contributed by atoms with Crippen LogP contribution in [0.4, 0.5) is 18.9 Å². The van der Waals surface area contributed by atoms with Crippen LogP contribution < -0.4 is 5.32 Å². The second-order valence-electron chi connectivity index (χ2n) is 8.44. The molecule has 2 aromatic carbocycles. The van der Waals surface area contributed by atoms with E-state index in [2.05, 4.69) is 17.2 Å². The number of alkyl halides is 3. The number of benzene rings is 2. The molecule has 1 heterocycles. The van der Waals surface area contributed by atoms with Crippen LogP contribution >= 0.6 is 0 Å². The molecule has 3 aromatic rings. The number of carbonyl (C=O) groups is 2. The highest BCUT2D eigenvalue weighted by atomic mass is 19.4. The Morgan fingerprint density at radius 2 is 1.94 bits per heavy atom. The maximum absolute atomic E-state index is 13.1. The molecule has 32 heavy (non-hydrogen) atoms. The van der Waals surface area contributed by atoms with E-state index in [0.717, 1.165) is 36.2 Å². The van der Waals surface area contributed by atoms with Crippen molar-refractivity contribution in [2.24, 2.45) is 5.92 Å². The van der Waals surface area contributed by atoms with Gasteiger partial charge in [0.1, 0.15) is 0 Å². The van der Waals surface area contributed by atoms with E-state index in [0.29, 0.717) is 11.5 Å². The molecule has 8 heteroatoms. The number of H-pyrrole nitrogens is 1. The predicted octanol–water partition coefficient (Wildman–Crippen LogP) is 5.02. The number of hydrogen-bond acceptors (Lipinski definition) is 2. The lowest BCUT2D eigenvalue weighted by Gasteiger charge is -2.19. The molecule has 1 aromatic heterocycles. The third kappa shape index (κ3) is 4.35. The zero-order valence-corrected chi connectivity index (χ0v) is 17.8. The van der Waals surface area contributed by atoms with Gasteiger partial charge >= 0.3 is 6.18 Å². The highest BCUT2D eigenvalue weighted by Crippen LogP contribution is 2.35. The van der Waals surface area contributed by atoms with Crippen molar-refractivity contribution in [1.29, 1.82) is 0 Å². The first-order valence-corrected chi connectivity index (χ1v) is 10.5. The van der Waals surface area contributed by atoms with E-state index in [1.807, 2.05) is 12.1 Å². The molecular weight excluding hydrogens is 419 g/mol. The first-order chi connectivity index (χ1) is 15.1. The van der Waals surface area contributed by atoms with Gasteiger partial charge in [0.25, 0.3) is 5.91 Å². The number of fused-ring (bicyclic) bond motifs is 3. The third-order valence-corrected chi connectivity index (χ3v) is 5.92. The Morgan fingerprint density at radius 3 is 2.69 bits per heavy atom. The maximum atomic E-state index is 13.1. The zero-order valence-electron chi connectivity index (χ0n) is 17.8. The zero-order chi connectivity index (χ0) is 23.0. The van der Waals surface area contributed by atoms with Crippen LogP contribution in [0, 0.1) is 5.92 Å². The van der Waals surface area contributed by atoms with Crippen molar-refractivity contribution in [1.82, 2.24) is 9.88 Å². The maximum Gasteiger partial charge on any atom is 0.418 e. The van der Waals surface area contributed by atoms with E-state index < -0.39 is 17.6 Å². The number of halogens is 3. The number of amides is 2. The molecule has 4 rings (SSSR count). The monoisotopic (exact) mass is 443 g/mol. The Kier molecular flexibility index (Phi) is 5.71. The number of aromatic amines is 1. The number of nitrogens with one attached hydrogen (secondary N) is 2. The number of aryl methyl sites for hydroxylation is 1. The van der Waals surface area contributed by atoms with Crippen LogP contribution in [0.15, 0.2) is 42.5 Å². The average molecular weight is 443 g/mol. The van der Waals surface area contributed by atoms with Gasteiger partial charge in [0, 0.05) is 29.2 Å². The number of likely N-dealkylation sites (N-methyl/N-ethyl adjacent to an activating group) is 1.